The van der Waals surface area contributed by atoms with Crippen molar-refractivity contribution < 1.29 is 8.42 Å². The summed E-state index contributed by atoms with van der Waals surface area (Å²) in [7, 11) is 4.32. The van der Waals surface area contributed by atoms with Crippen molar-refractivity contribution in [2.75, 3.05) is 54.4 Å². The monoisotopic (exact) mass is 313 g/mol. The fraction of sp³-hybridized carbons (Fsp3) is 0.600. The predicted molar refractivity (Wildman–Crippen MR) is 87.0 cm³/mol. The van der Waals surface area contributed by atoms with Crippen LogP contribution in [0.4, 0.5) is 0 Å². The van der Waals surface area contributed by atoms with Gasteiger partial charge in [0.2, 0.25) is 10.0 Å². The molecule has 1 aromatic carbocycles. The van der Waals surface area contributed by atoms with Crippen molar-refractivity contribution in [3.05, 3.63) is 29.8 Å². The first-order valence-corrected chi connectivity index (χ1v) is 8.54. The second-order valence-electron chi connectivity index (χ2n) is 5.75. The Labute approximate surface area is 129 Å². The maximum Gasteiger partial charge on any atom is 0.242 e. The van der Waals surface area contributed by atoms with Crippen molar-refractivity contribution >= 4 is 10.0 Å². The minimum atomic E-state index is -3.39. The zero-order chi connectivity index (χ0) is 16.0. The van der Waals surface area contributed by atoms with Crippen LogP contribution in [0.25, 0.3) is 0 Å². The number of hydrogen-bond donors (Lipinski definition) is 0. The van der Waals surface area contributed by atoms with Gasteiger partial charge in [0.05, 0.1) is 4.90 Å². The van der Waals surface area contributed by atoms with E-state index in [1.165, 1.54) is 4.31 Å². The lowest BCUT2D eigenvalue weighted by molar-refractivity contribution is 0.269. The number of rotatable bonds is 8. The molecule has 6 heteroatoms. The van der Waals surface area contributed by atoms with Gasteiger partial charge in [-0.2, -0.15) is 4.31 Å². The summed E-state index contributed by atoms with van der Waals surface area (Å²) in [5, 5.41) is 0. The molecule has 0 aliphatic carbocycles. The van der Waals surface area contributed by atoms with Crippen molar-refractivity contribution in [2.45, 2.75) is 11.8 Å². The van der Waals surface area contributed by atoms with Crippen LogP contribution in [0, 0.1) is 6.92 Å². The van der Waals surface area contributed by atoms with E-state index in [1.54, 1.807) is 19.2 Å². The number of sulfonamides is 1. The third-order valence-electron chi connectivity index (χ3n) is 3.45. The van der Waals surface area contributed by atoms with Gasteiger partial charge in [-0.25, -0.2) is 8.42 Å². The molecular formula is C15H27N3O2S. The highest BCUT2D eigenvalue weighted by Crippen LogP contribution is 2.14. The molecule has 0 atom stereocenters. The van der Waals surface area contributed by atoms with E-state index in [0.717, 1.165) is 25.2 Å². The first kappa shape index (κ1) is 18.1. The van der Waals surface area contributed by atoms with Crippen molar-refractivity contribution in [3.63, 3.8) is 0 Å². The number of nitrogens with zero attached hydrogens (tertiary/aromatic N) is 3. The first-order valence-electron chi connectivity index (χ1n) is 7.10. The third kappa shape index (κ3) is 5.74. The van der Waals surface area contributed by atoms with Gasteiger partial charge in [-0.15, -0.1) is 0 Å². The summed E-state index contributed by atoms with van der Waals surface area (Å²) in [4.78, 5) is 4.61. The maximum atomic E-state index is 12.4. The SMILES string of the molecule is Cc1ccc(S(=O)(=O)N(C)CCN(C)CCN(C)C)cc1. The van der Waals surface area contributed by atoms with E-state index in [4.69, 9.17) is 0 Å². The van der Waals surface area contributed by atoms with Gasteiger partial charge in [0.1, 0.15) is 0 Å². The molecule has 0 unspecified atom stereocenters. The molecule has 0 spiro atoms. The van der Waals surface area contributed by atoms with E-state index in [-0.39, 0.29) is 0 Å². The van der Waals surface area contributed by atoms with E-state index in [1.807, 2.05) is 40.2 Å². The topological polar surface area (TPSA) is 43.9 Å². The molecule has 0 heterocycles. The number of likely N-dealkylation sites (N-methyl/N-ethyl adjacent to an activating group) is 3. The molecule has 1 aromatic rings. The minimum Gasteiger partial charge on any atom is -0.308 e. The van der Waals surface area contributed by atoms with Gasteiger partial charge in [-0.05, 0) is 40.2 Å². The largest absolute Gasteiger partial charge is 0.308 e. The Morgan fingerprint density at radius 3 is 1.90 bits per heavy atom. The number of hydrogen-bond acceptors (Lipinski definition) is 4. The van der Waals surface area contributed by atoms with E-state index >= 15 is 0 Å². The van der Waals surface area contributed by atoms with Crippen LogP contribution >= 0.6 is 0 Å². The van der Waals surface area contributed by atoms with Crippen LogP contribution in [0.15, 0.2) is 29.2 Å². The van der Waals surface area contributed by atoms with Crippen LogP contribution in [0.1, 0.15) is 5.56 Å². The van der Waals surface area contributed by atoms with Gasteiger partial charge in [0.15, 0.2) is 0 Å². The molecule has 0 aromatic heterocycles. The molecule has 0 aliphatic rings. The first-order chi connectivity index (χ1) is 9.73. The number of aryl methyl sites for hydroxylation is 1. The van der Waals surface area contributed by atoms with Crippen molar-refractivity contribution in [3.8, 4) is 0 Å². The Hall–Kier alpha value is -0.950. The zero-order valence-electron chi connectivity index (χ0n) is 13.7. The Morgan fingerprint density at radius 1 is 0.857 bits per heavy atom. The molecule has 0 aliphatic heterocycles. The molecule has 0 radical (unpaired) electrons. The fourth-order valence-electron chi connectivity index (χ4n) is 1.80. The van der Waals surface area contributed by atoms with E-state index in [9.17, 15) is 8.42 Å². The molecule has 1 rings (SSSR count). The van der Waals surface area contributed by atoms with Crippen LogP contribution < -0.4 is 0 Å². The van der Waals surface area contributed by atoms with E-state index in [0.29, 0.717) is 11.4 Å². The highest BCUT2D eigenvalue weighted by Gasteiger charge is 2.20. The summed E-state index contributed by atoms with van der Waals surface area (Å²) in [6.07, 6.45) is 0. The summed E-state index contributed by atoms with van der Waals surface area (Å²) in [6.45, 7) is 5.03. The van der Waals surface area contributed by atoms with Gasteiger partial charge in [-0.3, -0.25) is 0 Å². The number of benzene rings is 1. The Morgan fingerprint density at radius 2 is 1.38 bits per heavy atom. The van der Waals surface area contributed by atoms with Gasteiger partial charge in [0.25, 0.3) is 0 Å². The highest BCUT2D eigenvalue weighted by molar-refractivity contribution is 7.89. The molecule has 0 fully saturated rings. The van der Waals surface area contributed by atoms with E-state index in [2.05, 4.69) is 9.80 Å². The van der Waals surface area contributed by atoms with Crippen LogP contribution in [0.2, 0.25) is 0 Å². The Kier molecular flexibility index (Phi) is 6.80. The lowest BCUT2D eigenvalue weighted by Crippen LogP contribution is -2.37. The average Bonchev–Trinajstić information content (AvgIpc) is 2.42. The summed E-state index contributed by atoms with van der Waals surface area (Å²) in [5.74, 6) is 0. The van der Waals surface area contributed by atoms with Crippen LogP contribution in [-0.4, -0.2) is 76.9 Å². The molecule has 0 N–H and O–H groups in total. The highest BCUT2D eigenvalue weighted by atomic mass is 32.2. The zero-order valence-corrected chi connectivity index (χ0v) is 14.5. The fourth-order valence-corrected chi connectivity index (χ4v) is 2.97. The van der Waals surface area contributed by atoms with Crippen molar-refractivity contribution in [1.29, 1.82) is 0 Å². The van der Waals surface area contributed by atoms with E-state index < -0.39 is 10.0 Å². The summed E-state index contributed by atoms with van der Waals surface area (Å²) in [5.41, 5.74) is 1.06. The molecule has 5 nitrogen and oxygen atoms in total. The molecule has 0 saturated heterocycles. The second-order valence-corrected chi connectivity index (χ2v) is 7.79. The van der Waals surface area contributed by atoms with Crippen molar-refractivity contribution in [1.82, 2.24) is 14.1 Å². The third-order valence-corrected chi connectivity index (χ3v) is 5.33. The van der Waals surface area contributed by atoms with Gasteiger partial charge in [0, 0.05) is 33.2 Å². The average molecular weight is 313 g/mol. The summed E-state index contributed by atoms with van der Waals surface area (Å²) in [6, 6.07) is 6.97. The second kappa shape index (κ2) is 7.89. The van der Waals surface area contributed by atoms with Gasteiger partial charge < -0.3 is 9.80 Å². The van der Waals surface area contributed by atoms with Crippen LogP contribution in [0.5, 0.6) is 0 Å². The standard InChI is InChI=1S/C15H27N3O2S/c1-14-6-8-15(9-7-14)21(19,20)18(5)13-12-17(4)11-10-16(2)3/h6-9H,10-13H2,1-5H3. The van der Waals surface area contributed by atoms with Crippen LogP contribution in [-0.2, 0) is 10.0 Å². The molecular weight excluding hydrogens is 286 g/mol. The molecule has 0 saturated carbocycles. The smallest absolute Gasteiger partial charge is 0.242 e. The quantitative estimate of drug-likeness (QED) is 0.721. The predicted octanol–water partition coefficient (Wildman–Crippen LogP) is 1.11. The molecule has 0 amide bonds. The lowest BCUT2D eigenvalue weighted by atomic mass is 10.2. The Balaban J connectivity index is 2.57. The minimum absolute atomic E-state index is 0.353. The molecule has 120 valence electrons. The Bertz CT molecular complexity index is 526. The summed E-state index contributed by atoms with van der Waals surface area (Å²) < 4.78 is 26.3. The van der Waals surface area contributed by atoms with Gasteiger partial charge >= 0.3 is 0 Å². The normalized spacial score (nSPS) is 12.6. The van der Waals surface area contributed by atoms with Gasteiger partial charge in [-0.1, -0.05) is 17.7 Å². The molecule has 0 bridgehead atoms. The summed E-state index contributed by atoms with van der Waals surface area (Å²) >= 11 is 0. The molecule has 21 heavy (non-hydrogen) atoms. The maximum absolute atomic E-state index is 12.4. The lowest BCUT2D eigenvalue weighted by Gasteiger charge is -2.23. The van der Waals surface area contributed by atoms with Crippen molar-refractivity contribution in [2.24, 2.45) is 0 Å². The van der Waals surface area contributed by atoms with Crippen LogP contribution in [0.3, 0.4) is 0 Å².